The minimum Gasteiger partial charge on any atom is -0.390 e. The second-order valence-corrected chi connectivity index (χ2v) is 4.60. The van der Waals surface area contributed by atoms with E-state index >= 15 is 0 Å². The Morgan fingerprint density at radius 2 is 2.00 bits per heavy atom. The number of aliphatic hydroxyl groups excluding tert-OH is 1. The molecule has 0 fully saturated rings. The molecule has 2 rings (SSSR count). The fourth-order valence-electron chi connectivity index (χ4n) is 1.87. The van der Waals surface area contributed by atoms with E-state index in [-0.39, 0.29) is 6.61 Å². The number of aryl methyl sites for hydroxylation is 1. The van der Waals surface area contributed by atoms with Crippen molar-refractivity contribution < 1.29 is 5.11 Å². The minimum atomic E-state index is -0.0767. The van der Waals surface area contributed by atoms with E-state index in [2.05, 4.69) is 17.2 Å². The Morgan fingerprint density at radius 1 is 1.28 bits per heavy atom. The molecule has 0 aliphatic carbocycles. The van der Waals surface area contributed by atoms with Crippen molar-refractivity contribution in [3.8, 4) is 0 Å². The van der Waals surface area contributed by atoms with Crippen molar-refractivity contribution in [3.05, 3.63) is 46.2 Å². The summed E-state index contributed by atoms with van der Waals surface area (Å²) in [6, 6.07) is 7.69. The van der Waals surface area contributed by atoms with Crippen LogP contribution in [-0.4, -0.2) is 20.1 Å². The van der Waals surface area contributed by atoms with Crippen LogP contribution in [0.5, 0.6) is 0 Å². The number of halogens is 1. The number of hydrogen-bond donors (Lipinski definition) is 1. The molecule has 0 atom stereocenters. The first-order chi connectivity index (χ1) is 8.74. The standard InChI is InChI=1S/C13H16ClN3O/c1-2-7-17-13(12(9-18)15-16-17)8-10-3-5-11(14)6-4-10/h3-6,18H,2,7-9H2,1H3. The number of rotatable bonds is 5. The summed E-state index contributed by atoms with van der Waals surface area (Å²) >= 11 is 5.86. The van der Waals surface area contributed by atoms with Crippen molar-refractivity contribution >= 4 is 11.6 Å². The van der Waals surface area contributed by atoms with E-state index < -0.39 is 0 Å². The van der Waals surface area contributed by atoms with E-state index in [1.165, 1.54) is 0 Å². The van der Waals surface area contributed by atoms with Crippen LogP contribution in [0.15, 0.2) is 24.3 Å². The fraction of sp³-hybridized carbons (Fsp3) is 0.385. The van der Waals surface area contributed by atoms with Gasteiger partial charge >= 0.3 is 0 Å². The van der Waals surface area contributed by atoms with Gasteiger partial charge in [-0.3, -0.25) is 0 Å². The average Bonchev–Trinajstić information content (AvgIpc) is 2.75. The number of benzene rings is 1. The molecule has 0 bridgehead atoms. The van der Waals surface area contributed by atoms with Gasteiger partial charge in [-0.15, -0.1) is 5.10 Å². The molecule has 4 nitrogen and oxygen atoms in total. The number of aliphatic hydroxyl groups is 1. The number of hydrogen-bond acceptors (Lipinski definition) is 3. The summed E-state index contributed by atoms with van der Waals surface area (Å²) in [7, 11) is 0. The predicted octanol–water partition coefficient (Wildman–Crippen LogP) is 2.42. The molecule has 1 aromatic carbocycles. The second-order valence-electron chi connectivity index (χ2n) is 4.17. The highest BCUT2D eigenvalue weighted by Crippen LogP contribution is 2.16. The van der Waals surface area contributed by atoms with Gasteiger partial charge in [0, 0.05) is 18.0 Å². The summed E-state index contributed by atoms with van der Waals surface area (Å²) in [6.07, 6.45) is 1.70. The monoisotopic (exact) mass is 265 g/mol. The van der Waals surface area contributed by atoms with Crippen LogP contribution >= 0.6 is 11.6 Å². The third kappa shape index (κ3) is 2.89. The van der Waals surface area contributed by atoms with Crippen LogP contribution in [0.2, 0.25) is 5.02 Å². The molecule has 0 aliphatic heterocycles. The van der Waals surface area contributed by atoms with Crippen LogP contribution in [-0.2, 0) is 19.6 Å². The van der Waals surface area contributed by atoms with Crippen LogP contribution in [0.4, 0.5) is 0 Å². The van der Waals surface area contributed by atoms with E-state index in [9.17, 15) is 5.11 Å². The first kappa shape index (κ1) is 13.1. The van der Waals surface area contributed by atoms with E-state index in [1.807, 2.05) is 28.9 Å². The largest absolute Gasteiger partial charge is 0.390 e. The zero-order valence-corrected chi connectivity index (χ0v) is 11.1. The van der Waals surface area contributed by atoms with Gasteiger partial charge in [0.1, 0.15) is 5.69 Å². The molecule has 0 unspecified atom stereocenters. The molecule has 5 heteroatoms. The van der Waals surface area contributed by atoms with Crippen LogP contribution in [0.3, 0.4) is 0 Å². The summed E-state index contributed by atoms with van der Waals surface area (Å²) < 4.78 is 1.86. The van der Waals surface area contributed by atoms with Gasteiger partial charge in [-0.1, -0.05) is 35.9 Å². The van der Waals surface area contributed by atoms with Crippen molar-refractivity contribution in [2.45, 2.75) is 32.9 Å². The van der Waals surface area contributed by atoms with E-state index in [0.29, 0.717) is 12.1 Å². The minimum absolute atomic E-state index is 0.0767. The summed E-state index contributed by atoms with van der Waals surface area (Å²) in [5.74, 6) is 0. The lowest BCUT2D eigenvalue weighted by atomic mass is 10.1. The lowest BCUT2D eigenvalue weighted by Gasteiger charge is -2.06. The molecular formula is C13H16ClN3O. The Labute approximate surface area is 111 Å². The molecule has 0 saturated heterocycles. The SMILES string of the molecule is CCCn1nnc(CO)c1Cc1ccc(Cl)cc1. The Bertz CT molecular complexity index is 507. The first-order valence-corrected chi connectivity index (χ1v) is 6.39. The van der Waals surface area contributed by atoms with Gasteiger partial charge in [0.2, 0.25) is 0 Å². The maximum absolute atomic E-state index is 9.29. The number of nitrogens with zero attached hydrogens (tertiary/aromatic N) is 3. The van der Waals surface area contributed by atoms with Crippen LogP contribution in [0.1, 0.15) is 30.3 Å². The van der Waals surface area contributed by atoms with Crippen LogP contribution in [0, 0.1) is 0 Å². The summed E-state index contributed by atoms with van der Waals surface area (Å²) in [5, 5.41) is 18.1. The maximum Gasteiger partial charge on any atom is 0.112 e. The lowest BCUT2D eigenvalue weighted by Crippen LogP contribution is -2.06. The summed E-state index contributed by atoms with van der Waals surface area (Å²) in [5.41, 5.74) is 2.76. The van der Waals surface area contributed by atoms with Gasteiger partial charge in [0.25, 0.3) is 0 Å². The second kappa shape index (κ2) is 5.98. The van der Waals surface area contributed by atoms with E-state index in [1.54, 1.807) is 0 Å². The molecule has 0 amide bonds. The molecule has 0 radical (unpaired) electrons. The fourth-order valence-corrected chi connectivity index (χ4v) is 2.00. The molecule has 2 aromatic rings. The zero-order valence-electron chi connectivity index (χ0n) is 10.3. The third-order valence-electron chi connectivity index (χ3n) is 2.79. The van der Waals surface area contributed by atoms with Gasteiger partial charge < -0.3 is 5.11 Å². The molecule has 18 heavy (non-hydrogen) atoms. The van der Waals surface area contributed by atoms with Crippen LogP contribution < -0.4 is 0 Å². The highest BCUT2D eigenvalue weighted by molar-refractivity contribution is 6.30. The molecule has 96 valence electrons. The number of aromatic nitrogens is 3. The Morgan fingerprint density at radius 3 is 2.61 bits per heavy atom. The van der Waals surface area contributed by atoms with Gasteiger partial charge in [0.15, 0.2) is 0 Å². The topological polar surface area (TPSA) is 50.9 Å². The highest BCUT2D eigenvalue weighted by atomic mass is 35.5. The summed E-state index contributed by atoms with van der Waals surface area (Å²) in [4.78, 5) is 0. The molecule has 0 aliphatic rings. The Kier molecular flexibility index (Phi) is 4.33. The molecule has 0 saturated carbocycles. The molecule has 1 N–H and O–H groups in total. The summed E-state index contributed by atoms with van der Waals surface area (Å²) in [6.45, 7) is 2.83. The third-order valence-corrected chi connectivity index (χ3v) is 3.04. The lowest BCUT2D eigenvalue weighted by molar-refractivity contribution is 0.275. The van der Waals surface area contributed by atoms with E-state index in [4.69, 9.17) is 11.6 Å². The van der Waals surface area contributed by atoms with Crippen molar-refractivity contribution in [1.29, 1.82) is 0 Å². The molecular weight excluding hydrogens is 250 g/mol. The van der Waals surface area contributed by atoms with Gasteiger partial charge in [-0.05, 0) is 24.1 Å². The average molecular weight is 266 g/mol. The Hall–Kier alpha value is -1.39. The highest BCUT2D eigenvalue weighted by Gasteiger charge is 2.12. The molecule has 1 aromatic heterocycles. The molecule has 1 heterocycles. The van der Waals surface area contributed by atoms with Crippen molar-refractivity contribution in [3.63, 3.8) is 0 Å². The predicted molar refractivity (Wildman–Crippen MR) is 70.5 cm³/mol. The smallest absolute Gasteiger partial charge is 0.112 e. The van der Waals surface area contributed by atoms with Crippen molar-refractivity contribution in [1.82, 2.24) is 15.0 Å². The normalized spacial score (nSPS) is 10.8. The van der Waals surface area contributed by atoms with Crippen molar-refractivity contribution in [2.24, 2.45) is 0 Å². The maximum atomic E-state index is 9.29. The molecule has 0 spiro atoms. The van der Waals surface area contributed by atoms with E-state index in [0.717, 1.165) is 29.2 Å². The van der Waals surface area contributed by atoms with Gasteiger partial charge in [-0.2, -0.15) is 0 Å². The van der Waals surface area contributed by atoms with Gasteiger partial charge in [0.05, 0.1) is 12.3 Å². The first-order valence-electron chi connectivity index (χ1n) is 6.01. The quantitative estimate of drug-likeness (QED) is 0.903. The zero-order chi connectivity index (χ0) is 13.0. The van der Waals surface area contributed by atoms with Crippen molar-refractivity contribution in [2.75, 3.05) is 0 Å². The Balaban J connectivity index is 2.26. The van der Waals surface area contributed by atoms with Crippen LogP contribution in [0.25, 0.3) is 0 Å². The van der Waals surface area contributed by atoms with Gasteiger partial charge in [-0.25, -0.2) is 4.68 Å².